The van der Waals surface area contributed by atoms with Gasteiger partial charge in [-0.3, -0.25) is 19.2 Å². The Morgan fingerprint density at radius 1 is 1.00 bits per heavy atom. The van der Waals surface area contributed by atoms with Crippen molar-refractivity contribution in [2.45, 2.75) is 13.0 Å². The number of carbonyl (C=O) groups is 4. The van der Waals surface area contributed by atoms with Crippen LogP contribution in [0.2, 0.25) is 0 Å². The molecule has 1 atom stereocenters. The van der Waals surface area contributed by atoms with E-state index in [0.717, 1.165) is 10.9 Å². The average molecular weight is 519 g/mol. The molecule has 12 nitrogen and oxygen atoms in total. The van der Waals surface area contributed by atoms with Crippen molar-refractivity contribution in [1.82, 2.24) is 35.0 Å². The number of nitrogens with one attached hydrogen (secondary N) is 1. The Morgan fingerprint density at radius 3 is 2.37 bits per heavy atom. The lowest BCUT2D eigenvalue weighted by molar-refractivity contribution is -0.127. The molecule has 1 fully saturated rings. The van der Waals surface area contributed by atoms with Gasteiger partial charge in [0.15, 0.2) is 0 Å². The van der Waals surface area contributed by atoms with E-state index in [-0.39, 0.29) is 54.4 Å². The number of aromatic amines is 1. The molecule has 0 saturated carbocycles. The molecule has 2 aromatic heterocycles. The molecule has 2 aromatic carbocycles. The van der Waals surface area contributed by atoms with Gasteiger partial charge in [0.05, 0.1) is 11.1 Å². The Hall–Kier alpha value is -4.94. The van der Waals surface area contributed by atoms with Crippen molar-refractivity contribution in [2.75, 3.05) is 26.2 Å². The average Bonchev–Trinajstić information content (AvgIpc) is 3.61. The fourth-order valence-electron chi connectivity index (χ4n) is 4.32. The number of halogens is 1. The molecule has 1 saturated heterocycles. The fraction of sp³-hybridized carbons (Fsp3) is 0.240. The second kappa shape index (κ2) is 9.84. The second-order valence-corrected chi connectivity index (χ2v) is 8.84. The number of carbonyl (C=O) groups excluding carboxylic acids is 4. The van der Waals surface area contributed by atoms with Crippen molar-refractivity contribution in [3.63, 3.8) is 0 Å². The van der Waals surface area contributed by atoms with Gasteiger partial charge in [-0.15, -0.1) is 10.2 Å². The van der Waals surface area contributed by atoms with Crippen LogP contribution in [0.1, 0.15) is 33.7 Å². The van der Waals surface area contributed by atoms with E-state index < -0.39 is 29.5 Å². The van der Waals surface area contributed by atoms with Crippen LogP contribution in [-0.2, 0) is 9.59 Å². The van der Waals surface area contributed by atoms with Crippen molar-refractivity contribution in [3.8, 4) is 11.4 Å². The highest BCUT2D eigenvalue weighted by Gasteiger charge is 2.31. The topological polar surface area (TPSA) is 160 Å². The molecule has 0 radical (unpaired) electrons. The van der Waals surface area contributed by atoms with Crippen molar-refractivity contribution in [2.24, 2.45) is 5.73 Å². The minimum absolute atomic E-state index is 0.0782. The molecule has 0 aliphatic carbocycles. The van der Waals surface area contributed by atoms with Gasteiger partial charge in [0.2, 0.25) is 11.7 Å². The zero-order chi connectivity index (χ0) is 27.0. The molecule has 1 aliphatic heterocycles. The molecule has 0 bridgehead atoms. The zero-order valence-corrected chi connectivity index (χ0v) is 20.3. The predicted molar refractivity (Wildman–Crippen MR) is 132 cm³/mol. The molecule has 3 amide bonds. The number of ketones is 1. The van der Waals surface area contributed by atoms with E-state index >= 15 is 0 Å². The third-order valence-electron chi connectivity index (χ3n) is 6.53. The summed E-state index contributed by atoms with van der Waals surface area (Å²) in [5.74, 6) is -3.11. The Balaban J connectivity index is 1.35. The lowest BCUT2D eigenvalue weighted by Gasteiger charge is -2.34. The molecule has 13 heteroatoms. The first-order valence-corrected chi connectivity index (χ1v) is 11.8. The van der Waals surface area contributed by atoms with Gasteiger partial charge in [-0.2, -0.15) is 4.80 Å². The Morgan fingerprint density at radius 2 is 1.68 bits per heavy atom. The predicted octanol–water partition coefficient (Wildman–Crippen LogP) is 1.17. The van der Waals surface area contributed by atoms with Crippen molar-refractivity contribution >= 4 is 34.4 Å². The van der Waals surface area contributed by atoms with Gasteiger partial charge in [0.25, 0.3) is 17.6 Å². The number of rotatable bonds is 6. The number of aromatic nitrogens is 5. The van der Waals surface area contributed by atoms with E-state index in [4.69, 9.17) is 5.73 Å². The van der Waals surface area contributed by atoms with E-state index in [2.05, 4.69) is 20.4 Å². The highest BCUT2D eigenvalue weighted by Crippen LogP contribution is 2.30. The van der Waals surface area contributed by atoms with Gasteiger partial charge < -0.3 is 20.5 Å². The first-order valence-electron chi connectivity index (χ1n) is 11.8. The van der Waals surface area contributed by atoms with Gasteiger partial charge in [-0.1, -0.05) is 18.2 Å². The van der Waals surface area contributed by atoms with Crippen LogP contribution in [0.4, 0.5) is 4.39 Å². The van der Waals surface area contributed by atoms with Crippen LogP contribution in [0.3, 0.4) is 0 Å². The number of primary amides is 1. The monoisotopic (exact) mass is 518 g/mol. The quantitative estimate of drug-likeness (QED) is 0.286. The van der Waals surface area contributed by atoms with Crippen LogP contribution in [-0.4, -0.2) is 84.7 Å². The smallest absolute Gasteiger partial charge is 0.295 e. The first-order chi connectivity index (χ1) is 18.3. The largest absolute Gasteiger partial charge is 0.368 e. The second-order valence-electron chi connectivity index (χ2n) is 8.84. The third-order valence-corrected chi connectivity index (χ3v) is 6.53. The molecule has 3 heterocycles. The minimum Gasteiger partial charge on any atom is -0.368 e. The number of Topliss-reactive ketones (excluding diaryl/α,β-unsaturated/α-hetero) is 1. The number of piperazine rings is 1. The maximum Gasteiger partial charge on any atom is 0.295 e. The Labute approximate surface area is 215 Å². The normalized spacial score (nSPS) is 14.5. The first kappa shape index (κ1) is 24.7. The van der Waals surface area contributed by atoms with Crippen molar-refractivity contribution in [3.05, 3.63) is 65.6 Å². The number of tetrazole rings is 1. The number of hydrogen-bond acceptors (Lipinski definition) is 7. The summed E-state index contributed by atoms with van der Waals surface area (Å²) in [6.45, 7) is 2.38. The van der Waals surface area contributed by atoms with E-state index in [9.17, 15) is 23.6 Å². The van der Waals surface area contributed by atoms with Crippen LogP contribution in [0, 0.1) is 5.82 Å². The van der Waals surface area contributed by atoms with Gasteiger partial charge in [-0.25, -0.2) is 4.39 Å². The van der Waals surface area contributed by atoms with Crippen LogP contribution in [0.25, 0.3) is 22.3 Å². The summed E-state index contributed by atoms with van der Waals surface area (Å²) in [5.41, 5.74) is 6.22. The summed E-state index contributed by atoms with van der Waals surface area (Å²) in [6, 6.07) is 10.5. The molecule has 38 heavy (non-hydrogen) atoms. The highest BCUT2D eigenvalue weighted by atomic mass is 19.1. The van der Waals surface area contributed by atoms with Gasteiger partial charge in [0, 0.05) is 48.9 Å². The fourth-order valence-corrected chi connectivity index (χ4v) is 4.32. The summed E-state index contributed by atoms with van der Waals surface area (Å²) in [5, 5.41) is 11.8. The maximum atomic E-state index is 14.9. The van der Waals surface area contributed by atoms with E-state index in [0.29, 0.717) is 11.1 Å². The molecular formula is C25H23FN8O4. The minimum atomic E-state index is -0.880. The van der Waals surface area contributed by atoms with Gasteiger partial charge >= 0.3 is 0 Å². The number of fused-ring (bicyclic) bond motifs is 1. The summed E-state index contributed by atoms with van der Waals surface area (Å²) < 4.78 is 14.9. The third kappa shape index (κ3) is 4.38. The molecule has 0 spiro atoms. The van der Waals surface area contributed by atoms with Crippen molar-refractivity contribution < 1.29 is 23.6 Å². The van der Waals surface area contributed by atoms with Crippen LogP contribution in [0.15, 0.2) is 48.7 Å². The summed E-state index contributed by atoms with van der Waals surface area (Å²) in [7, 11) is 0. The van der Waals surface area contributed by atoms with E-state index in [1.807, 2.05) is 6.07 Å². The van der Waals surface area contributed by atoms with Crippen LogP contribution >= 0.6 is 0 Å². The number of hydrogen-bond donors (Lipinski definition) is 2. The lowest BCUT2D eigenvalue weighted by atomic mass is 10.0. The van der Waals surface area contributed by atoms with Gasteiger partial charge in [0.1, 0.15) is 11.9 Å². The standard InChI is InChI=1S/C25H23FN8O4/c1-14(22(27)36)34-30-23(29-31-34)16-7-8-18(26)19-17(13-28-20(16)19)21(35)25(38)33-11-9-32(10-12-33)24(37)15-5-3-2-4-6-15/h2-8,13-14,28H,9-12H2,1H3,(H2,27,36). The number of H-pyrrole nitrogens is 1. The SMILES string of the molecule is CC(C(N)=O)n1nnc(-c2ccc(F)c3c(C(=O)C(=O)N4CCN(C(=O)c5ccccc5)CC4)c[nH]c23)n1. The van der Waals surface area contributed by atoms with E-state index in [1.165, 1.54) is 24.1 Å². The van der Waals surface area contributed by atoms with E-state index in [1.54, 1.807) is 29.2 Å². The molecule has 5 rings (SSSR count). The molecule has 1 aliphatic rings. The molecule has 194 valence electrons. The summed E-state index contributed by atoms with van der Waals surface area (Å²) in [4.78, 5) is 57.2. The number of amides is 3. The van der Waals surface area contributed by atoms with Gasteiger partial charge in [-0.05, 0) is 36.4 Å². The Bertz CT molecular complexity index is 1560. The number of nitrogens with zero attached hydrogens (tertiary/aromatic N) is 6. The highest BCUT2D eigenvalue weighted by molar-refractivity contribution is 6.45. The summed E-state index contributed by atoms with van der Waals surface area (Å²) in [6.07, 6.45) is 1.27. The zero-order valence-electron chi connectivity index (χ0n) is 20.3. The van der Waals surface area contributed by atoms with Crippen LogP contribution < -0.4 is 5.73 Å². The molecular weight excluding hydrogens is 495 g/mol. The lowest BCUT2D eigenvalue weighted by Crippen LogP contribution is -2.52. The number of benzene rings is 2. The maximum absolute atomic E-state index is 14.9. The molecule has 1 unspecified atom stereocenters. The van der Waals surface area contributed by atoms with Crippen LogP contribution in [0.5, 0.6) is 0 Å². The molecule has 4 aromatic rings. The number of nitrogens with two attached hydrogens (primary N) is 1. The van der Waals surface area contributed by atoms with Crippen molar-refractivity contribution in [1.29, 1.82) is 0 Å². The molecule has 3 N–H and O–H groups in total. The Kier molecular flexibility index (Phi) is 6.41. The summed E-state index contributed by atoms with van der Waals surface area (Å²) >= 11 is 0.